The number of benzene rings is 4. The molecule has 49 heavy (non-hydrogen) atoms. The van der Waals surface area contributed by atoms with Gasteiger partial charge in [-0.15, -0.1) is 90.0 Å². The molecule has 0 atom stereocenters. The minimum absolute atomic E-state index is 0. The van der Waals surface area contributed by atoms with Crippen molar-refractivity contribution in [2.45, 2.75) is 20.4 Å². The molecule has 4 aromatic heterocycles. The van der Waals surface area contributed by atoms with Crippen molar-refractivity contribution in [3.05, 3.63) is 183 Å². The number of nitrogens with zero attached hydrogens (tertiary/aromatic N) is 4. The average Bonchev–Trinajstić information content (AvgIpc) is 3.47. The molecule has 0 aliphatic carbocycles. The Labute approximate surface area is 303 Å². The van der Waals surface area contributed by atoms with Gasteiger partial charge >= 0.3 is 0 Å². The van der Waals surface area contributed by atoms with Crippen LogP contribution in [0.4, 0.5) is 0 Å². The van der Waals surface area contributed by atoms with E-state index in [1.807, 2.05) is 120 Å². The first-order valence-electron chi connectivity index (χ1n) is 16.1. The van der Waals surface area contributed by atoms with E-state index in [2.05, 4.69) is 90.0 Å². The molecule has 0 spiro atoms. The van der Waals surface area contributed by atoms with Gasteiger partial charge in [0.25, 0.3) is 0 Å². The van der Waals surface area contributed by atoms with Crippen LogP contribution in [0.3, 0.4) is 0 Å². The normalized spacial score (nSPS) is 10.4. The van der Waals surface area contributed by atoms with Gasteiger partial charge in [0, 0.05) is 51.6 Å². The molecule has 1 radical (unpaired) electrons. The molecule has 8 rings (SSSR count). The number of pyridine rings is 3. The number of hydrogen-bond acceptors (Lipinski definition) is 2. The van der Waals surface area contributed by atoms with Gasteiger partial charge in [0.1, 0.15) is 5.69 Å². The van der Waals surface area contributed by atoms with Gasteiger partial charge in [-0.05, 0) is 52.5 Å². The SMILES string of the molecule is CC(C)Cn1c2ccccc2c2cc[c-]c(-c3ccccn3)c21.[CH2-][n+]1ccccc1-c1[c-]cccc1.[Ir].[c-]1ccccc1-c1ccccn1. The molecule has 4 aromatic carbocycles. The van der Waals surface area contributed by atoms with E-state index in [-0.39, 0.29) is 20.1 Å². The second kappa shape index (κ2) is 17.2. The van der Waals surface area contributed by atoms with E-state index in [4.69, 9.17) is 0 Å². The quantitative estimate of drug-likeness (QED) is 0.128. The minimum Gasteiger partial charge on any atom is -0.380 e. The zero-order chi connectivity index (χ0) is 33.1. The molecule has 0 fully saturated rings. The standard InChI is InChI=1S/C21H19N2.C12H10N.C11H8N.Ir/c1-15(2)14-23-20-12-4-3-8-16(20)17-9-7-10-18(21(17)23)19-11-5-6-13-22-19;1-13-10-6-5-9-12(13)11-7-3-2-4-8-11;1-2-6-10(7-3-1)11-8-4-5-9-12-11;/h3-9,11-13,15H,14H2,1-2H3;2-7,9-10H,1H2;1-6,8-9H;/q3*-1;. The molecule has 8 aromatic rings. The predicted octanol–water partition coefficient (Wildman–Crippen LogP) is 9.94. The Morgan fingerprint density at radius 2 is 1.27 bits per heavy atom. The number of fused-ring (bicyclic) bond motifs is 3. The fourth-order valence-electron chi connectivity index (χ4n) is 5.65. The van der Waals surface area contributed by atoms with Crippen molar-refractivity contribution in [3.8, 4) is 33.8 Å². The number of para-hydroxylation sites is 1. The molecule has 0 unspecified atom stereocenters. The van der Waals surface area contributed by atoms with Crippen molar-refractivity contribution < 1.29 is 24.7 Å². The number of aromatic nitrogens is 4. The number of rotatable bonds is 5. The third-order valence-electron chi connectivity index (χ3n) is 7.77. The average molecular weight is 814 g/mol. The zero-order valence-corrected chi connectivity index (χ0v) is 30.0. The molecular weight excluding hydrogens is 777 g/mol. The molecule has 0 aliphatic rings. The van der Waals surface area contributed by atoms with Crippen LogP contribution in [0.2, 0.25) is 0 Å². The Morgan fingerprint density at radius 1 is 0.633 bits per heavy atom. The van der Waals surface area contributed by atoms with Crippen LogP contribution >= 0.6 is 0 Å². The molecule has 245 valence electrons. The maximum absolute atomic E-state index is 4.54. The number of hydrogen-bond donors (Lipinski definition) is 0. The Balaban J connectivity index is 0.000000154. The van der Waals surface area contributed by atoms with Gasteiger partial charge in [0.15, 0.2) is 0 Å². The van der Waals surface area contributed by atoms with E-state index in [0.717, 1.165) is 40.3 Å². The second-order valence-corrected chi connectivity index (χ2v) is 11.7. The van der Waals surface area contributed by atoms with Crippen LogP contribution in [0.5, 0.6) is 0 Å². The summed E-state index contributed by atoms with van der Waals surface area (Å²) in [7, 11) is 3.89. The molecule has 0 bridgehead atoms. The molecule has 0 amide bonds. The van der Waals surface area contributed by atoms with Gasteiger partial charge in [-0.2, -0.15) is 0 Å². The first kappa shape index (κ1) is 35.0. The Hall–Kier alpha value is -5.35. The van der Waals surface area contributed by atoms with Gasteiger partial charge in [-0.1, -0.05) is 79.4 Å². The van der Waals surface area contributed by atoms with Crippen LogP contribution < -0.4 is 4.57 Å². The third kappa shape index (κ3) is 8.58. The predicted molar refractivity (Wildman–Crippen MR) is 197 cm³/mol. The van der Waals surface area contributed by atoms with E-state index in [1.54, 1.807) is 6.20 Å². The monoisotopic (exact) mass is 814 g/mol. The minimum atomic E-state index is 0. The summed E-state index contributed by atoms with van der Waals surface area (Å²) in [4.78, 5) is 8.76. The van der Waals surface area contributed by atoms with Crippen molar-refractivity contribution in [1.29, 1.82) is 0 Å². The maximum atomic E-state index is 4.54. The first-order valence-corrected chi connectivity index (χ1v) is 16.1. The second-order valence-electron chi connectivity index (χ2n) is 11.7. The summed E-state index contributed by atoms with van der Waals surface area (Å²) in [6, 6.07) is 56.1. The molecule has 4 heterocycles. The van der Waals surface area contributed by atoms with Crippen LogP contribution in [0.15, 0.2) is 158 Å². The van der Waals surface area contributed by atoms with E-state index in [9.17, 15) is 0 Å². The largest absolute Gasteiger partial charge is 0.380 e. The van der Waals surface area contributed by atoms with E-state index < -0.39 is 0 Å². The molecule has 5 heteroatoms. The van der Waals surface area contributed by atoms with Crippen molar-refractivity contribution in [3.63, 3.8) is 0 Å². The molecule has 4 nitrogen and oxygen atoms in total. The first-order chi connectivity index (χ1) is 23.6. The summed E-state index contributed by atoms with van der Waals surface area (Å²) < 4.78 is 4.27. The Bertz CT molecular complexity index is 2140. The molecule has 0 aliphatic heterocycles. The molecular formula is C44H37IrN4-3. The van der Waals surface area contributed by atoms with Gasteiger partial charge in [0.2, 0.25) is 0 Å². The van der Waals surface area contributed by atoms with Crippen molar-refractivity contribution in [2.24, 2.45) is 5.92 Å². The summed E-state index contributed by atoms with van der Waals surface area (Å²) in [5.74, 6) is 0.575. The van der Waals surface area contributed by atoms with Crippen LogP contribution in [0, 0.1) is 31.2 Å². The third-order valence-corrected chi connectivity index (χ3v) is 7.77. The van der Waals surface area contributed by atoms with Crippen molar-refractivity contribution in [2.75, 3.05) is 0 Å². The Kier molecular flexibility index (Phi) is 12.3. The van der Waals surface area contributed by atoms with Gasteiger partial charge in [0.05, 0.1) is 6.20 Å². The van der Waals surface area contributed by atoms with Crippen LogP contribution in [-0.4, -0.2) is 14.5 Å². The topological polar surface area (TPSA) is 34.6 Å². The Morgan fingerprint density at radius 3 is 1.90 bits per heavy atom. The van der Waals surface area contributed by atoms with Gasteiger partial charge in [-0.25, -0.2) is 0 Å². The molecule has 0 saturated carbocycles. The maximum Gasteiger partial charge on any atom is 0.115 e. The van der Waals surface area contributed by atoms with Crippen molar-refractivity contribution >= 4 is 21.8 Å². The fraction of sp³-hybridized carbons (Fsp3) is 0.0909. The van der Waals surface area contributed by atoms with Gasteiger partial charge in [-0.3, -0.25) is 0 Å². The summed E-state index contributed by atoms with van der Waals surface area (Å²) in [6.07, 6.45) is 5.56. The van der Waals surface area contributed by atoms with E-state index in [0.29, 0.717) is 5.92 Å². The summed E-state index contributed by atoms with van der Waals surface area (Å²) >= 11 is 0. The van der Waals surface area contributed by atoms with E-state index in [1.165, 1.54) is 21.8 Å². The fourth-order valence-corrected chi connectivity index (χ4v) is 5.65. The van der Waals surface area contributed by atoms with Gasteiger partial charge < -0.3 is 19.1 Å². The molecule has 0 saturated heterocycles. The van der Waals surface area contributed by atoms with Crippen LogP contribution in [0.1, 0.15) is 13.8 Å². The summed E-state index contributed by atoms with van der Waals surface area (Å²) in [5.41, 5.74) is 8.73. The zero-order valence-electron chi connectivity index (χ0n) is 27.6. The smallest absolute Gasteiger partial charge is 0.115 e. The molecule has 0 N–H and O–H groups in total. The van der Waals surface area contributed by atoms with Crippen LogP contribution in [-0.2, 0) is 26.7 Å². The van der Waals surface area contributed by atoms with Crippen LogP contribution in [0.25, 0.3) is 55.6 Å². The van der Waals surface area contributed by atoms with E-state index >= 15 is 0 Å². The summed E-state index contributed by atoms with van der Waals surface area (Å²) in [6.45, 7) is 5.50. The summed E-state index contributed by atoms with van der Waals surface area (Å²) in [5, 5.41) is 2.58. The van der Waals surface area contributed by atoms with Crippen molar-refractivity contribution in [1.82, 2.24) is 14.5 Å².